The summed E-state index contributed by atoms with van der Waals surface area (Å²) >= 11 is 0. The van der Waals surface area contributed by atoms with Crippen molar-refractivity contribution in [3.63, 3.8) is 0 Å². The second-order valence-corrected chi connectivity index (χ2v) is 12.0. The number of amides is 5. The second-order valence-electron chi connectivity index (χ2n) is 12.0. The van der Waals surface area contributed by atoms with Crippen LogP contribution in [0.2, 0.25) is 0 Å². The first kappa shape index (κ1) is 39.2. The number of carboxylic acids is 1. The highest BCUT2D eigenvalue weighted by Crippen LogP contribution is 2.13. The van der Waals surface area contributed by atoms with Gasteiger partial charge in [0.15, 0.2) is 0 Å². The van der Waals surface area contributed by atoms with Crippen LogP contribution in [0.3, 0.4) is 0 Å². The summed E-state index contributed by atoms with van der Waals surface area (Å²) < 4.78 is 0. The van der Waals surface area contributed by atoms with Gasteiger partial charge in [0.1, 0.15) is 36.0 Å². The molecule has 0 saturated carbocycles. The van der Waals surface area contributed by atoms with E-state index in [0.29, 0.717) is 11.1 Å². The molecule has 0 radical (unpaired) electrons. The summed E-state index contributed by atoms with van der Waals surface area (Å²) in [6.07, 6.45) is -1.49. The number of carboxylic acid groups (broad SMARTS) is 1. The molecule has 262 valence electrons. The monoisotopic (exact) mass is 670 g/mol. The highest BCUT2D eigenvalue weighted by Gasteiger charge is 2.34. The summed E-state index contributed by atoms with van der Waals surface area (Å²) in [5.41, 5.74) is 6.79. The van der Waals surface area contributed by atoms with Gasteiger partial charge in [-0.15, -0.1) is 0 Å². The summed E-state index contributed by atoms with van der Waals surface area (Å²) in [4.78, 5) is 77.4. The molecule has 7 atom stereocenters. The molecule has 0 fully saturated rings. The quantitative estimate of drug-likeness (QED) is 0.100. The normalized spacial score (nSPS) is 15.4. The number of aromatic hydroxyl groups is 1. The minimum absolute atomic E-state index is 0.0256. The number of nitrogens with two attached hydrogens (primary N) is 1. The average Bonchev–Trinajstić information content (AvgIpc) is 3.02. The Morgan fingerprint density at radius 2 is 1.08 bits per heavy atom. The van der Waals surface area contributed by atoms with Crippen molar-refractivity contribution in [1.29, 1.82) is 0 Å². The Morgan fingerprint density at radius 3 is 1.56 bits per heavy atom. The maximum absolute atomic E-state index is 13.9. The van der Waals surface area contributed by atoms with Crippen LogP contribution in [0.15, 0.2) is 54.6 Å². The summed E-state index contributed by atoms with van der Waals surface area (Å²) in [5.74, 6) is -5.66. The van der Waals surface area contributed by atoms with Crippen molar-refractivity contribution < 1.29 is 44.1 Å². The van der Waals surface area contributed by atoms with Crippen molar-refractivity contribution in [2.24, 2.45) is 11.7 Å². The van der Waals surface area contributed by atoms with Crippen LogP contribution in [0.5, 0.6) is 5.75 Å². The zero-order valence-electron chi connectivity index (χ0n) is 27.6. The summed E-state index contributed by atoms with van der Waals surface area (Å²) in [6.45, 7) is 7.26. The molecule has 2 aromatic rings. The Bertz CT molecular complexity index is 1420. The molecular formula is C33H46N6O9. The molecule has 0 aromatic heterocycles. The van der Waals surface area contributed by atoms with E-state index in [-0.39, 0.29) is 18.6 Å². The van der Waals surface area contributed by atoms with Gasteiger partial charge < -0.3 is 47.6 Å². The van der Waals surface area contributed by atoms with Crippen molar-refractivity contribution in [1.82, 2.24) is 26.6 Å². The van der Waals surface area contributed by atoms with Crippen LogP contribution < -0.4 is 32.3 Å². The summed E-state index contributed by atoms with van der Waals surface area (Å²) in [7, 11) is 0. The fourth-order valence-electron chi connectivity index (χ4n) is 4.51. The average molecular weight is 671 g/mol. The van der Waals surface area contributed by atoms with E-state index in [1.807, 2.05) is 0 Å². The van der Waals surface area contributed by atoms with Crippen LogP contribution in [-0.2, 0) is 41.6 Å². The smallest absolute Gasteiger partial charge is 0.325 e. The van der Waals surface area contributed by atoms with E-state index in [2.05, 4.69) is 26.6 Å². The number of phenols is 1. The van der Waals surface area contributed by atoms with Crippen molar-refractivity contribution in [3.05, 3.63) is 65.7 Å². The third-order valence-electron chi connectivity index (χ3n) is 7.38. The standard InChI is InChI=1S/C33H46N6O9/c1-17(2)26(31(45)35-19(4)33(47)48)38-30(44)25(16-22-11-13-23(41)14-12-22)36-29(43)24(15-21-9-7-6-8-10-21)37-32(46)27(20(5)40)39-28(42)18(3)34/h6-14,17-20,24-27,40-41H,15-16,34H2,1-5H3,(H,35,45)(H,36,43)(H,37,46)(H,38,44)(H,39,42)(H,47,48)/t18-,19-,20+,24-,25-,26-,27-/m0/s1. The number of aliphatic hydroxyl groups is 1. The van der Waals surface area contributed by atoms with Crippen molar-refractivity contribution in [3.8, 4) is 5.75 Å². The molecule has 15 nitrogen and oxygen atoms in total. The number of hydrogen-bond donors (Lipinski definition) is 9. The molecule has 0 unspecified atom stereocenters. The number of carbonyl (C=O) groups excluding carboxylic acids is 5. The molecule has 48 heavy (non-hydrogen) atoms. The van der Waals surface area contributed by atoms with E-state index >= 15 is 0 Å². The van der Waals surface area contributed by atoms with Crippen LogP contribution in [0, 0.1) is 5.92 Å². The minimum Gasteiger partial charge on any atom is -0.508 e. The maximum atomic E-state index is 13.9. The van der Waals surface area contributed by atoms with E-state index in [9.17, 15) is 44.1 Å². The Morgan fingerprint density at radius 1 is 0.625 bits per heavy atom. The maximum Gasteiger partial charge on any atom is 0.325 e. The molecule has 5 amide bonds. The first-order valence-corrected chi connectivity index (χ1v) is 15.5. The zero-order chi connectivity index (χ0) is 36.1. The molecule has 15 heteroatoms. The highest BCUT2D eigenvalue weighted by atomic mass is 16.4. The fourth-order valence-corrected chi connectivity index (χ4v) is 4.51. The van der Waals surface area contributed by atoms with Gasteiger partial charge in [0.05, 0.1) is 12.1 Å². The first-order valence-electron chi connectivity index (χ1n) is 15.5. The molecule has 2 aromatic carbocycles. The molecule has 10 N–H and O–H groups in total. The number of phenolic OH excluding ortho intramolecular Hbond substituents is 1. The van der Waals surface area contributed by atoms with Crippen LogP contribution in [0.1, 0.15) is 45.7 Å². The molecular weight excluding hydrogens is 624 g/mol. The molecule has 2 rings (SSSR count). The molecule has 0 saturated heterocycles. The molecule has 0 aliphatic carbocycles. The van der Waals surface area contributed by atoms with Gasteiger partial charge in [-0.2, -0.15) is 0 Å². The van der Waals surface area contributed by atoms with Crippen LogP contribution in [0.25, 0.3) is 0 Å². The number of aliphatic carboxylic acids is 1. The van der Waals surface area contributed by atoms with Gasteiger partial charge in [0.25, 0.3) is 0 Å². The molecule has 0 aliphatic rings. The SMILES string of the molecule is CC(C)[C@H](NC(=O)[C@H](Cc1ccc(O)cc1)NC(=O)[C@H](Cc1ccccc1)NC(=O)[C@@H](NC(=O)[C@H](C)N)[C@@H](C)O)C(=O)N[C@@H](C)C(=O)O. The number of carbonyl (C=O) groups is 6. The number of rotatable bonds is 17. The Hall–Kier alpha value is -5.02. The molecule has 0 aliphatic heterocycles. The van der Waals surface area contributed by atoms with Gasteiger partial charge in [-0.3, -0.25) is 28.8 Å². The van der Waals surface area contributed by atoms with Crippen LogP contribution >= 0.6 is 0 Å². The molecule has 0 heterocycles. The summed E-state index contributed by atoms with van der Waals surface area (Å²) in [5, 5.41) is 41.7. The number of aliphatic hydroxyl groups excluding tert-OH is 1. The largest absolute Gasteiger partial charge is 0.508 e. The minimum atomic E-state index is -1.45. The lowest BCUT2D eigenvalue weighted by Crippen LogP contribution is -2.61. The van der Waals surface area contributed by atoms with Gasteiger partial charge in [-0.25, -0.2) is 0 Å². The van der Waals surface area contributed by atoms with Gasteiger partial charge in [-0.1, -0.05) is 56.3 Å². The highest BCUT2D eigenvalue weighted by molar-refractivity contribution is 5.96. The zero-order valence-corrected chi connectivity index (χ0v) is 27.6. The third-order valence-corrected chi connectivity index (χ3v) is 7.38. The topological polar surface area (TPSA) is 249 Å². The van der Waals surface area contributed by atoms with Crippen LogP contribution in [0.4, 0.5) is 0 Å². The van der Waals surface area contributed by atoms with E-state index < -0.39 is 83.8 Å². The summed E-state index contributed by atoms with van der Waals surface area (Å²) in [6, 6.07) is 7.11. The number of nitrogens with one attached hydrogen (secondary N) is 5. The van der Waals surface area contributed by atoms with E-state index in [0.717, 1.165) is 0 Å². The molecule has 0 spiro atoms. The lowest BCUT2D eigenvalue weighted by molar-refractivity contribution is -0.142. The van der Waals surface area contributed by atoms with Crippen LogP contribution in [-0.4, -0.2) is 93.2 Å². The first-order chi connectivity index (χ1) is 22.5. The number of hydrogen-bond acceptors (Lipinski definition) is 9. The lowest BCUT2D eigenvalue weighted by Gasteiger charge is -2.28. The molecule has 0 bridgehead atoms. The third kappa shape index (κ3) is 12.3. The van der Waals surface area contributed by atoms with Crippen molar-refractivity contribution in [2.45, 2.75) is 89.8 Å². The predicted molar refractivity (Wildman–Crippen MR) is 175 cm³/mol. The Kier molecular flexibility index (Phi) is 15.0. The number of benzene rings is 2. The van der Waals surface area contributed by atoms with Crippen molar-refractivity contribution >= 4 is 35.5 Å². The van der Waals surface area contributed by atoms with Gasteiger partial charge in [0.2, 0.25) is 29.5 Å². The van der Waals surface area contributed by atoms with E-state index in [1.54, 1.807) is 56.3 Å². The predicted octanol–water partition coefficient (Wildman–Crippen LogP) is -0.910. The second kappa shape index (κ2) is 18.4. The lowest BCUT2D eigenvalue weighted by atomic mass is 9.99. The Labute approximate surface area is 279 Å². The van der Waals surface area contributed by atoms with E-state index in [1.165, 1.54) is 32.9 Å². The van der Waals surface area contributed by atoms with E-state index in [4.69, 9.17) is 5.73 Å². The fraction of sp³-hybridized carbons (Fsp3) is 0.455. The van der Waals surface area contributed by atoms with Gasteiger partial charge >= 0.3 is 5.97 Å². The van der Waals surface area contributed by atoms with Crippen molar-refractivity contribution in [2.75, 3.05) is 0 Å². The van der Waals surface area contributed by atoms with Gasteiger partial charge in [0, 0.05) is 12.8 Å². The van der Waals surface area contributed by atoms with Gasteiger partial charge in [-0.05, 0) is 49.9 Å². The Balaban J connectivity index is 2.42.